The third-order valence-corrected chi connectivity index (χ3v) is 6.48. The molecule has 3 heterocycles. The molecule has 1 aliphatic carbocycles. The van der Waals surface area contributed by atoms with Crippen LogP contribution < -0.4 is 0 Å². The second-order valence-electron chi connectivity index (χ2n) is 8.16. The van der Waals surface area contributed by atoms with Crippen molar-refractivity contribution < 1.29 is 4.79 Å². The van der Waals surface area contributed by atoms with Crippen LogP contribution in [0.25, 0.3) is 22.2 Å². The Balaban J connectivity index is 1.53. The summed E-state index contributed by atoms with van der Waals surface area (Å²) in [6.07, 6.45) is 9.99. The van der Waals surface area contributed by atoms with E-state index in [1.54, 1.807) is 12.4 Å². The van der Waals surface area contributed by atoms with Crippen LogP contribution in [0.3, 0.4) is 0 Å². The third kappa shape index (κ3) is 3.17. The van der Waals surface area contributed by atoms with Crippen molar-refractivity contribution in [2.45, 2.75) is 32.1 Å². The van der Waals surface area contributed by atoms with Gasteiger partial charge in [0.05, 0.1) is 16.8 Å². The zero-order valence-electron chi connectivity index (χ0n) is 16.1. The van der Waals surface area contributed by atoms with Gasteiger partial charge in [0.2, 0.25) is 0 Å². The summed E-state index contributed by atoms with van der Waals surface area (Å²) in [7, 11) is 0. The van der Waals surface area contributed by atoms with E-state index in [0.29, 0.717) is 5.92 Å². The van der Waals surface area contributed by atoms with Crippen molar-refractivity contribution in [1.29, 1.82) is 0 Å². The maximum Gasteiger partial charge on any atom is 0.254 e. The zero-order valence-corrected chi connectivity index (χ0v) is 16.1. The minimum Gasteiger partial charge on any atom is -0.338 e. The molecule has 0 radical (unpaired) electrons. The van der Waals surface area contributed by atoms with Gasteiger partial charge < -0.3 is 4.90 Å². The number of likely N-dealkylation sites (tertiary alicyclic amines) is 1. The summed E-state index contributed by atoms with van der Waals surface area (Å²) >= 11 is 0. The summed E-state index contributed by atoms with van der Waals surface area (Å²) < 4.78 is 0. The predicted octanol–water partition coefficient (Wildman–Crippen LogP) is 4.95. The summed E-state index contributed by atoms with van der Waals surface area (Å²) in [5.74, 6) is 1.64. The van der Waals surface area contributed by atoms with Crippen molar-refractivity contribution >= 4 is 16.8 Å². The second-order valence-corrected chi connectivity index (χ2v) is 8.16. The average molecular weight is 371 g/mol. The van der Waals surface area contributed by atoms with E-state index in [1.165, 1.54) is 25.7 Å². The van der Waals surface area contributed by atoms with Crippen LogP contribution in [-0.2, 0) is 0 Å². The highest BCUT2D eigenvalue weighted by atomic mass is 16.2. The standard InChI is InChI=1S/C24H25N3O/c28-24(27-13-11-17-6-1-2-7-19(17)16-27)21-14-23(18-8-5-12-25-15-18)26-22-10-4-3-9-20(21)22/h3-5,8-10,12,14-15,17,19H,1-2,6-7,11,13,16H2/t17-,19-/m1/s1. The number of para-hydroxylation sites is 1. The molecule has 1 saturated carbocycles. The van der Waals surface area contributed by atoms with Gasteiger partial charge in [-0.3, -0.25) is 9.78 Å². The second kappa shape index (κ2) is 7.34. The number of aromatic nitrogens is 2. The Labute approximate surface area is 165 Å². The van der Waals surface area contributed by atoms with E-state index in [-0.39, 0.29) is 5.91 Å². The predicted molar refractivity (Wildman–Crippen MR) is 111 cm³/mol. The number of fused-ring (bicyclic) bond motifs is 2. The number of hydrogen-bond acceptors (Lipinski definition) is 3. The number of hydrogen-bond donors (Lipinski definition) is 0. The Hall–Kier alpha value is -2.75. The maximum atomic E-state index is 13.6. The fraction of sp³-hybridized carbons (Fsp3) is 0.375. The van der Waals surface area contributed by atoms with Gasteiger partial charge >= 0.3 is 0 Å². The highest BCUT2D eigenvalue weighted by molar-refractivity contribution is 6.07. The van der Waals surface area contributed by atoms with E-state index in [1.807, 2.05) is 42.5 Å². The summed E-state index contributed by atoms with van der Waals surface area (Å²) in [5.41, 5.74) is 3.37. The van der Waals surface area contributed by atoms with Gasteiger partial charge in [0.25, 0.3) is 5.91 Å². The van der Waals surface area contributed by atoms with Crippen LogP contribution in [-0.4, -0.2) is 33.9 Å². The molecule has 1 amide bonds. The molecule has 28 heavy (non-hydrogen) atoms. The van der Waals surface area contributed by atoms with Crippen molar-refractivity contribution in [2.75, 3.05) is 13.1 Å². The molecule has 2 fully saturated rings. The van der Waals surface area contributed by atoms with Gasteiger partial charge in [0.15, 0.2) is 0 Å². The molecule has 4 heteroatoms. The van der Waals surface area contributed by atoms with Crippen molar-refractivity contribution in [1.82, 2.24) is 14.9 Å². The molecule has 142 valence electrons. The molecule has 1 aliphatic heterocycles. The number of pyridine rings is 2. The van der Waals surface area contributed by atoms with E-state index in [9.17, 15) is 4.79 Å². The van der Waals surface area contributed by atoms with E-state index < -0.39 is 0 Å². The molecule has 0 N–H and O–H groups in total. The van der Waals surface area contributed by atoms with E-state index in [2.05, 4.69) is 9.88 Å². The smallest absolute Gasteiger partial charge is 0.254 e. The summed E-state index contributed by atoms with van der Waals surface area (Å²) in [5, 5.41) is 0.936. The van der Waals surface area contributed by atoms with Crippen molar-refractivity contribution in [2.24, 2.45) is 11.8 Å². The number of piperidine rings is 1. The highest BCUT2D eigenvalue weighted by Gasteiger charge is 2.33. The van der Waals surface area contributed by atoms with Crippen LogP contribution >= 0.6 is 0 Å². The quantitative estimate of drug-likeness (QED) is 0.640. The zero-order chi connectivity index (χ0) is 18.9. The Morgan fingerprint density at radius 1 is 1.00 bits per heavy atom. The normalized spacial score (nSPS) is 22.1. The lowest BCUT2D eigenvalue weighted by Gasteiger charge is -2.41. The molecule has 1 saturated heterocycles. The van der Waals surface area contributed by atoms with Gasteiger partial charge in [-0.05, 0) is 48.9 Å². The first kappa shape index (κ1) is 17.4. The minimum absolute atomic E-state index is 0.146. The lowest BCUT2D eigenvalue weighted by Crippen LogP contribution is -2.44. The SMILES string of the molecule is O=C(c1cc(-c2cccnc2)nc2ccccc12)N1CC[C@H]2CCCC[C@@H]2C1. The summed E-state index contributed by atoms with van der Waals surface area (Å²) in [6.45, 7) is 1.78. The number of carbonyl (C=O) groups is 1. The molecule has 0 spiro atoms. The van der Waals surface area contributed by atoms with Gasteiger partial charge in [0, 0.05) is 36.4 Å². The number of nitrogens with zero attached hydrogens (tertiary/aromatic N) is 3. The molecule has 1 aromatic carbocycles. The molecule has 2 aliphatic rings. The number of benzene rings is 1. The first-order chi connectivity index (χ1) is 13.8. The average Bonchev–Trinajstić information content (AvgIpc) is 2.78. The van der Waals surface area contributed by atoms with Gasteiger partial charge in [-0.1, -0.05) is 37.5 Å². The maximum absolute atomic E-state index is 13.6. The van der Waals surface area contributed by atoms with Crippen LogP contribution in [0.1, 0.15) is 42.5 Å². The fourth-order valence-corrected chi connectivity index (χ4v) is 4.97. The minimum atomic E-state index is 0.146. The van der Waals surface area contributed by atoms with Crippen LogP contribution in [0.4, 0.5) is 0 Å². The monoisotopic (exact) mass is 371 g/mol. The van der Waals surface area contributed by atoms with Crippen LogP contribution in [0.2, 0.25) is 0 Å². The molecule has 4 nitrogen and oxygen atoms in total. The topological polar surface area (TPSA) is 46.1 Å². The fourth-order valence-electron chi connectivity index (χ4n) is 4.97. The first-order valence-electron chi connectivity index (χ1n) is 10.4. The van der Waals surface area contributed by atoms with Crippen LogP contribution in [0.5, 0.6) is 0 Å². The lowest BCUT2D eigenvalue weighted by molar-refractivity contribution is 0.0522. The van der Waals surface area contributed by atoms with Crippen molar-refractivity contribution in [3.63, 3.8) is 0 Å². The number of amides is 1. The van der Waals surface area contributed by atoms with Crippen molar-refractivity contribution in [3.05, 3.63) is 60.4 Å². The van der Waals surface area contributed by atoms with Gasteiger partial charge in [-0.15, -0.1) is 0 Å². The Kier molecular flexibility index (Phi) is 4.55. The van der Waals surface area contributed by atoms with E-state index >= 15 is 0 Å². The van der Waals surface area contributed by atoms with Gasteiger partial charge in [0.1, 0.15) is 0 Å². The molecular weight excluding hydrogens is 346 g/mol. The highest BCUT2D eigenvalue weighted by Crippen LogP contribution is 2.37. The van der Waals surface area contributed by atoms with Gasteiger partial charge in [-0.25, -0.2) is 4.98 Å². The molecule has 5 rings (SSSR count). The van der Waals surface area contributed by atoms with Crippen molar-refractivity contribution in [3.8, 4) is 11.3 Å². The lowest BCUT2D eigenvalue weighted by atomic mass is 9.75. The summed E-state index contributed by atoms with van der Waals surface area (Å²) in [4.78, 5) is 24.6. The number of carbonyl (C=O) groups excluding carboxylic acids is 1. The Bertz CT molecular complexity index is 1000. The number of rotatable bonds is 2. The van der Waals surface area contributed by atoms with E-state index in [0.717, 1.165) is 53.2 Å². The van der Waals surface area contributed by atoms with Crippen LogP contribution in [0.15, 0.2) is 54.9 Å². The molecule has 2 atom stereocenters. The largest absolute Gasteiger partial charge is 0.338 e. The van der Waals surface area contributed by atoms with Crippen LogP contribution in [0, 0.1) is 11.8 Å². The first-order valence-corrected chi connectivity index (χ1v) is 10.4. The molecule has 0 unspecified atom stereocenters. The molecule has 0 bridgehead atoms. The molecule has 3 aromatic rings. The Morgan fingerprint density at radius 3 is 2.71 bits per heavy atom. The Morgan fingerprint density at radius 2 is 1.86 bits per heavy atom. The summed E-state index contributed by atoms with van der Waals surface area (Å²) in [6, 6.07) is 13.8. The molecular formula is C24H25N3O. The van der Waals surface area contributed by atoms with E-state index in [4.69, 9.17) is 4.98 Å². The van der Waals surface area contributed by atoms with Gasteiger partial charge in [-0.2, -0.15) is 0 Å². The third-order valence-electron chi connectivity index (χ3n) is 6.48. The molecule has 2 aromatic heterocycles.